The summed E-state index contributed by atoms with van der Waals surface area (Å²) in [6.07, 6.45) is 6.23. The van der Waals surface area contributed by atoms with Crippen LogP contribution in [0.4, 0.5) is 0 Å². The molecule has 1 heterocycles. The Labute approximate surface area is 191 Å². The van der Waals surface area contributed by atoms with Crippen LogP contribution in [-0.4, -0.2) is 18.0 Å². The number of hydrogen-bond donors (Lipinski definition) is 1. The molecule has 0 aliphatic carbocycles. The standard InChI is InChI=1S/C28H32N2O2/c1-22(23-16-18-26(32-2)19-17-23)27(24-11-5-3-6-12-24)14-7-4-8-15-28(31)30-21-25-13-9-10-20-29-25/h3,5-6,9-13,16-20H,4,7-8,14-15,21H2,1-2H3,(H,30,31)/b27-22+. The van der Waals surface area contributed by atoms with E-state index >= 15 is 0 Å². The lowest BCUT2D eigenvalue weighted by Gasteiger charge is -2.14. The molecule has 2 aromatic carbocycles. The number of methoxy groups -OCH3 is 1. The van der Waals surface area contributed by atoms with Gasteiger partial charge in [-0.05, 0) is 72.7 Å². The number of amides is 1. The molecule has 1 N–H and O–H groups in total. The summed E-state index contributed by atoms with van der Waals surface area (Å²) in [7, 11) is 1.69. The monoisotopic (exact) mass is 428 g/mol. The van der Waals surface area contributed by atoms with E-state index in [1.807, 2.05) is 36.4 Å². The van der Waals surface area contributed by atoms with E-state index in [2.05, 4.69) is 53.6 Å². The third kappa shape index (κ3) is 7.09. The molecule has 3 aromatic rings. The van der Waals surface area contributed by atoms with Crippen LogP contribution in [0.5, 0.6) is 5.75 Å². The summed E-state index contributed by atoms with van der Waals surface area (Å²) in [5.41, 5.74) is 5.99. The highest BCUT2D eigenvalue weighted by Gasteiger charge is 2.09. The van der Waals surface area contributed by atoms with E-state index in [9.17, 15) is 4.79 Å². The highest BCUT2D eigenvalue weighted by atomic mass is 16.5. The van der Waals surface area contributed by atoms with Gasteiger partial charge < -0.3 is 10.1 Å². The van der Waals surface area contributed by atoms with Crippen LogP contribution in [0.1, 0.15) is 55.8 Å². The van der Waals surface area contributed by atoms with Crippen molar-refractivity contribution in [2.45, 2.75) is 45.6 Å². The minimum Gasteiger partial charge on any atom is -0.497 e. The fourth-order valence-electron chi connectivity index (χ4n) is 3.75. The number of ether oxygens (including phenoxy) is 1. The highest BCUT2D eigenvalue weighted by Crippen LogP contribution is 2.31. The summed E-state index contributed by atoms with van der Waals surface area (Å²) >= 11 is 0. The first-order valence-electron chi connectivity index (χ1n) is 11.2. The van der Waals surface area contributed by atoms with Gasteiger partial charge in [-0.3, -0.25) is 9.78 Å². The van der Waals surface area contributed by atoms with Crippen molar-refractivity contribution in [3.63, 3.8) is 0 Å². The van der Waals surface area contributed by atoms with Gasteiger partial charge in [0.05, 0.1) is 19.3 Å². The van der Waals surface area contributed by atoms with Gasteiger partial charge in [-0.15, -0.1) is 0 Å². The maximum absolute atomic E-state index is 12.1. The lowest BCUT2D eigenvalue weighted by Crippen LogP contribution is -2.22. The van der Waals surface area contributed by atoms with Crippen LogP contribution < -0.4 is 10.1 Å². The zero-order valence-corrected chi connectivity index (χ0v) is 19.0. The van der Waals surface area contributed by atoms with Crippen molar-refractivity contribution < 1.29 is 9.53 Å². The molecule has 4 nitrogen and oxygen atoms in total. The number of nitrogens with one attached hydrogen (secondary N) is 1. The molecular weight excluding hydrogens is 396 g/mol. The van der Waals surface area contributed by atoms with Gasteiger partial charge in [-0.1, -0.05) is 55.0 Å². The average molecular weight is 429 g/mol. The molecule has 0 saturated carbocycles. The smallest absolute Gasteiger partial charge is 0.220 e. The average Bonchev–Trinajstić information content (AvgIpc) is 2.86. The maximum Gasteiger partial charge on any atom is 0.220 e. The normalized spacial score (nSPS) is 11.6. The molecule has 3 rings (SSSR count). The van der Waals surface area contributed by atoms with Gasteiger partial charge in [-0.2, -0.15) is 0 Å². The molecule has 0 fully saturated rings. The maximum atomic E-state index is 12.1. The SMILES string of the molecule is COc1ccc(/C(C)=C(\CCCCCC(=O)NCc2ccccn2)c2ccccc2)cc1. The molecule has 1 aromatic heterocycles. The van der Waals surface area contributed by atoms with E-state index < -0.39 is 0 Å². The number of rotatable bonds is 11. The topological polar surface area (TPSA) is 51.2 Å². The van der Waals surface area contributed by atoms with Crippen LogP contribution in [0.25, 0.3) is 11.1 Å². The lowest BCUT2D eigenvalue weighted by atomic mass is 9.91. The molecule has 0 radical (unpaired) electrons. The Morgan fingerprint density at radius 2 is 1.56 bits per heavy atom. The minimum atomic E-state index is 0.0869. The third-order valence-corrected chi connectivity index (χ3v) is 5.62. The first-order chi connectivity index (χ1) is 15.7. The van der Waals surface area contributed by atoms with Gasteiger partial charge in [0.15, 0.2) is 0 Å². The van der Waals surface area contributed by atoms with Gasteiger partial charge in [-0.25, -0.2) is 0 Å². The number of carbonyl (C=O) groups is 1. The Kier molecular flexibility index (Phi) is 9.05. The molecule has 0 aliphatic rings. The number of benzene rings is 2. The molecule has 4 heteroatoms. The van der Waals surface area contributed by atoms with Crippen LogP contribution in [0.3, 0.4) is 0 Å². The fourth-order valence-corrected chi connectivity index (χ4v) is 3.75. The molecular formula is C28H32N2O2. The van der Waals surface area contributed by atoms with E-state index in [-0.39, 0.29) is 5.91 Å². The minimum absolute atomic E-state index is 0.0869. The summed E-state index contributed by atoms with van der Waals surface area (Å²) < 4.78 is 5.30. The number of hydrogen-bond acceptors (Lipinski definition) is 3. The number of pyridine rings is 1. The Morgan fingerprint density at radius 1 is 0.844 bits per heavy atom. The van der Waals surface area contributed by atoms with Crippen LogP contribution in [-0.2, 0) is 11.3 Å². The number of aromatic nitrogens is 1. The lowest BCUT2D eigenvalue weighted by molar-refractivity contribution is -0.121. The predicted molar refractivity (Wildman–Crippen MR) is 131 cm³/mol. The largest absolute Gasteiger partial charge is 0.497 e. The summed E-state index contributed by atoms with van der Waals surface area (Å²) in [5, 5.41) is 2.95. The van der Waals surface area contributed by atoms with Crippen molar-refractivity contribution in [2.75, 3.05) is 7.11 Å². The van der Waals surface area contributed by atoms with Gasteiger partial charge in [0, 0.05) is 12.6 Å². The highest BCUT2D eigenvalue weighted by molar-refractivity contribution is 5.89. The quantitative estimate of drug-likeness (QED) is 0.288. The van der Waals surface area contributed by atoms with E-state index in [0.717, 1.165) is 37.1 Å². The Balaban J connectivity index is 1.53. The van der Waals surface area contributed by atoms with Gasteiger partial charge in [0.25, 0.3) is 0 Å². The summed E-state index contributed by atoms with van der Waals surface area (Å²) in [4.78, 5) is 16.4. The molecule has 0 spiro atoms. The van der Waals surface area contributed by atoms with E-state index in [0.29, 0.717) is 13.0 Å². The van der Waals surface area contributed by atoms with Crippen molar-refractivity contribution in [3.05, 3.63) is 95.8 Å². The second-order valence-electron chi connectivity index (χ2n) is 7.86. The van der Waals surface area contributed by atoms with Crippen molar-refractivity contribution >= 4 is 17.1 Å². The molecule has 0 saturated heterocycles. The first kappa shape index (κ1) is 23.3. The zero-order chi connectivity index (χ0) is 22.6. The number of carbonyl (C=O) groups excluding carboxylic acids is 1. The number of unbranched alkanes of at least 4 members (excludes halogenated alkanes) is 2. The number of nitrogens with zero attached hydrogens (tertiary/aromatic N) is 1. The van der Waals surface area contributed by atoms with Gasteiger partial charge in [0.2, 0.25) is 5.91 Å². The molecule has 166 valence electrons. The van der Waals surface area contributed by atoms with Crippen LogP contribution >= 0.6 is 0 Å². The molecule has 0 atom stereocenters. The Morgan fingerprint density at radius 3 is 2.25 bits per heavy atom. The van der Waals surface area contributed by atoms with E-state index in [1.54, 1.807) is 13.3 Å². The summed E-state index contributed by atoms with van der Waals surface area (Å²) in [5.74, 6) is 0.952. The van der Waals surface area contributed by atoms with Gasteiger partial charge >= 0.3 is 0 Å². The van der Waals surface area contributed by atoms with Crippen LogP contribution in [0, 0.1) is 0 Å². The van der Waals surface area contributed by atoms with Crippen molar-refractivity contribution in [3.8, 4) is 5.75 Å². The predicted octanol–water partition coefficient (Wildman–Crippen LogP) is 6.29. The molecule has 0 unspecified atom stereocenters. The first-order valence-corrected chi connectivity index (χ1v) is 11.2. The summed E-state index contributed by atoms with van der Waals surface area (Å²) in [6, 6.07) is 24.5. The Hall–Kier alpha value is -3.40. The molecule has 1 amide bonds. The van der Waals surface area contributed by atoms with E-state index in [4.69, 9.17) is 4.74 Å². The van der Waals surface area contributed by atoms with Crippen LogP contribution in [0.2, 0.25) is 0 Å². The molecule has 32 heavy (non-hydrogen) atoms. The van der Waals surface area contributed by atoms with Gasteiger partial charge in [0.1, 0.15) is 5.75 Å². The van der Waals surface area contributed by atoms with Crippen LogP contribution in [0.15, 0.2) is 79.0 Å². The second kappa shape index (κ2) is 12.5. The fraction of sp³-hybridized carbons (Fsp3) is 0.286. The number of allylic oxidation sites excluding steroid dienone is 2. The van der Waals surface area contributed by atoms with Crippen molar-refractivity contribution in [1.82, 2.24) is 10.3 Å². The van der Waals surface area contributed by atoms with E-state index in [1.165, 1.54) is 22.3 Å². The molecule has 0 aliphatic heterocycles. The van der Waals surface area contributed by atoms with Crippen molar-refractivity contribution in [1.29, 1.82) is 0 Å². The van der Waals surface area contributed by atoms with Crippen molar-refractivity contribution in [2.24, 2.45) is 0 Å². The second-order valence-corrected chi connectivity index (χ2v) is 7.86. The third-order valence-electron chi connectivity index (χ3n) is 5.62. The molecule has 0 bridgehead atoms. The zero-order valence-electron chi connectivity index (χ0n) is 19.0. The summed E-state index contributed by atoms with van der Waals surface area (Å²) in [6.45, 7) is 2.68. The Bertz CT molecular complexity index is 997.